The summed E-state index contributed by atoms with van der Waals surface area (Å²) in [6.07, 6.45) is 0. The van der Waals surface area contributed by atoms with Crippen LogP contribution in [0.15, 0.2) is 77.3 Å². The largest absolute Gasteiger partial charge is 0.487 e. The number of carbonyl (C=O) groups is 1. The standard InChI is InChI=1S/C31H27BrFN3O3/c1-31(2)27(28(31)30(37)38-3)29-35-25-15-22(39-17-21-11-9-18-6-4-5-7-24(18)34-21)12-13-26(25)36(29)16-19-8-10-20(32)14-23(19)33/h4-15,27-28H,16-17H2,1-3H3/t27-,28+/m0/s1. The summed E-state index contributed by atoms with van der Waals surface area (Å²) in [7, 11) is 1.40. The molecule has 0 unspecified atom stereocenters. The first-order valence-electron chi connectivity index (χ1n) is 12.8. The van der Waals surface area contributed by atoms with Crippen molar-refractivity contribution in [2.75, 3.05) is 7.11 Å². The highest BCUT2D eigenvalue weighted by atomic mass is 79.9. The predicted molar refractivity (Wildman–Crippen MR) is 151 cm³/mol. The zero-order chi connectivity index (χ0) is 27.3. The number of fused-ring (bicyclic) bond motifs is 2. The van der Waals surface area contributed by atoms with Gasteiger partial charge < -0.3 is 14.0 Å². The molecule has 3 aromatic carbocycles. The van der Waals surface area contributed by atoms with Crippen LogP contribution < -0.4 is 4.74 Å². The Bertz CT molecular complexity index is 1730. The maximum Gasteiger partial charge on any atom is 0.309 e. The summed E-state index contributed by atoms with van der Waals surface area (Å²) < 4.78 is 28.7. The van der Waals surface area contributed by atoms with E-state index in [2.05, 4.69) is 20.9 Å². The van der Waals surface area contributed by atoms with Gasteiger partial charge in [0.15, 0.2) is 0 Å². The number of benzene rings is 3. The van der Waals surface area contributed by atoms with Crippen molar-refractivity contribution in [1.82, 2.24) is 14.5 Å². The third-order valence-electron chi connectivity index (χ3n) is 7.70. The van der Waals surface area contributed by atoms with Crippen LogP contribution in [0.5, 0.6) is 5.75 Å². The Hall–Kier alpha value is -3.78. The molecule has 0 saturated heterocycles. The maximum atomic E-state index is 14.9. The number of methoxy groups -OCH3 is 1. The first-order chi connectivity index (χ1) is 18.8. The average molecular weight is 588 g/mol. The molecule has 2 heterocycles. The van der Waals surface area contributed by atoms with Crippen LogP contribution in [-0.4, -0.2) is 27.6 Å². The van der Waals surface area contributed by atoms with E-state index in [1.54, 1.807) is 6.07 Å². The molecular formula is C31H27BrFN3O3. The maximum absolute atomic E-state index is 14.9. The molecule has 39 heavy (non-hydrogen) atoms. The number of esters is 1. The molecule has 1 fully saturated rings. The zero-order valence-electron chi connectivity index (χ0n) is 21.8. The lowest BCUT2D eigenvalue weighted by Gasteiger charge is -2.12. The van der Waals surface area contributed by atoms with Gasteiger partial charge in [0, 0.05) is 27.4 Å². The second kappa shape index (κ2) is 9.75. The Morgan fingerprint density at radius 2 is 1.85 bits per heavy atom. The van der Waals surface area contributed by atoms with Crippen molar-refractivity contribution in [3.05, 3.63) is 100 Å². The topological polar surface area (TPSA) is 66.2 Å². The molecule has 1 aliphatic rings. The fraction of sp³-hybridized carbons (Fsp3) is 0.258. The van der Waals surface area contributed by atoms with Crippen molar-refractivity contribution in [2.45, 2.75) is 32.9 Å². The molecule has 0 bridgehead atoms. The van der Waals surface area contributed by atoms with Gasteiger partial charge in [-0.05, 0) is 41.8 Å². The monoisotopic (exact) mass is 587 g/mol. The van der Waals surface area contributed by atoms with Crippen LogP contribution in [0.4, 0.5) is 4.39 Å². The van der Waals surface area contributed by atoms with E-state index in [1.807, 2.05) is 79.1 Å². The molecule has 2 aromatic heterocycles. The van der Waals surface area contributed by atoms with E-state index in [4.69, 9.17) is 14.5 Å². The number of hydrogen-bond donors (Lipinski definition) is 0. The number of rotatable bonds is 7. The van der Waals surface area contributed by atoms with Gasteiger partial charge in [0.25, 0.3) is 0 Å². The molecule has 8 heteroatoms. The van der Waals surface area contributed by atoms with E-state index in [9.17, 15) is 9.18 Å². The van der Waals surface area contributed by atoms with Crippen LogP contribution in [0.3, 0.4) is 0 Å². The van der Waals surface area contributed by atoms with Gasteiger partial charge in [-0.1, -0.05) is 60.1 Å². The molecular weight excluding hydrogens is 561 g/mol. The molecule has 6 nitrogen and oxygen atoms in total. The van der Waals surface area contributed by atoms with E-state index in [1.165, 1.54) is 13.2 Å². The van der Waals surface area contributed by atoms with Gasteiger partial charge in [-0.15, -0.1) is 0 Å². The van der Waals surface area contributed by atoms with Crippen LogP contribution in [-0.2, 0) is 22.7 Å². The molecule has 1 aliphatic carbocycles. The van der Waals surface area contributed by atoms with Gasteiger partial charge in [0.1, 0.15) is 24.0 Å². The minimum Gasteiger partial charge on any atom is -0.487 e. The first kappa shape index (κ1) is 25.5. The number of ether oxygens (including phenoxy) is 2. The first-order valence-corrected chi connectivity index (χ1v) is 13.5. The van der Waals surface area contributed by atoms with Gasteiger partial charge in [0.05, 0.1) is 41.8 Å². The number of para-hydroxylation sites is 1. The number of carbonyl (C=O) groups excluding carboxylic acids is 1. The van der Waals surface area contributed by atoms with E-state index in [-0.39, 0.29) is 35.6 Å². The van der Waals surface area contributed by atoms with Crippen LogP contribution >= 0.6 is 15.9 Å². The van der Waals surface area contributed by atoms with Crippen molar-refractivity contribution < 1.29 is 18.7 Å². The molecule has 0 N–H and O–H groups in total. The molecule has 5 aromatic rings. The molecule has 2 atom stereocenters. The van der Waals surface area contributed by atoms with Crippen molar-refractivity contribution in [3.8, 4) is 5.75 Å². The lowest BCUT2D eigenvalue weighted by Crippen LogP contribution is -2.09. The highest BCUT2D eigenvalue weighted by Gasteiger charge is 2.65. The van der Waals surface area contributed by atoms with Crippen molar-refractivity contribution in [1.29, 1.82) is 0 Å². The van der Waals surface area contributed by atoms with Crippen LogP contribution in [0.25, 0.3) is 21.9 Å². The average Bonchev–Trinajstić information content (AvgIpc) is 3.33. The highest BCUT2D eigenvalue weighted by molar-refractivity contribution is 9.10. The van der Waals surface area contributed by atoms with E-state index in [0.717, 1.165) is 33.5 Å². The summed E-state index contributed by atoms with van der Waals surface area (Å²) >= 11 is 3.33. The third-order valence-corrected chi connectivity index (χ3v) is 8.19. The third kappa shape index (κ3) is 4.67. The Morgan fingerprint density at radius 1 is 1.03 bits per heavy atom. The number of pyridine rings is 1. The molecule has 6 rings (SSSR count). The van der Waals surface area contributed by atoms with Gasteiger partial charge in [0.2, 0.25) is 0 Å². The Balaban J connectivity index is 1.35. The molecule has 0 amide bonds. The van der Waals surface area contributed by atoms with Crippen molar-refractivity contribution in [2.24, 2.45) is 11.3 Å². The smallest absolute Gasteiger partial charge is 0.309 e. The molecule has 1 saturated carbocycles. The number of aromatic nitrogens is 3. The fourth-order valence-electron chi connectivity index (χ4n) is 5.47. The number of imidazole rings is 1. The lowest BCUT2D eigenvalue weighted by molar-refractivity contribution is -0.143. The van der Waals surface area contributed by atoms with Gasteiger partial charge in [-0.2, -0.15) is 0 Å². The Labute approximate surface area is 233 Å². The lowest BCUT2D eigenvalue weighted by atomic mass is 10.1. The number of hydrogen-bond acceptors (Lipinski definition) is 5. The normalized spacial score (nSPS) is 17.9. The Kier molecular flexibility index (Phi) is 6.38. The number of nitrogens with zero attached hydrogens (tertiary/aromatic N) is 3. The van der Waals surface area contributed by atoms with Crippen molar-refractivity contribution >= 4 is 43.8 Å². The summed E-state index contributed by atoms with van der Waals surface area (Å²) in [6.45, 7) is 4.67. The van der Waals surface area contributed by atoms with Crippen molar-refractivity contribution in [3.63, 3.8) is 0 Å². The summed E-state index contributed by atoms with van der Waals surface area (Å²) in [6, 6.07) is 22.7. The molecule has 0 aliphatic heterocycles. The molecule has 0 spiro atoms. The van der Waals surface area contributed by atoms with Crippen LogP contribution in [0, 0.1) is 17.2 Å². The second-order valence-corrected chi connectivity index (χ2v) is 11.4. The second-order valence-electron chi connectivity index (χ2n) is 10.5. The van der Waals surface area contributed by atoms with Gasteiger partial charge in [-0.3, -0.25) is 4.79 Å². The summed E-state index contributed by atoms with van der Waals surface area (Å²) in [5.41, 5.74) is 3.52. The van der Waals surface area contributed by atoms with E-state index in [0.29, 0.717) is 22.4 Å². The quantitative estimate of drug-likeness (QED) is 0.191. The molecule has 0 radical (unpaired) electrons. The summed E-state index contributed by atoms with van der Waals surface area (Å²) in [4.78, 5) is 22.2. The van der Waals surface area contributed by atoms with E-state index >= 15 is 0 Å². The summed E-state index contributed by atoms with van der Waals surface area (Å²) in [5, 5.41) is 1.08. The SMILES string of the molecule is COC(=O)[C@H]1[C@@H](c2nc3cc(OCc4ccc5ccccc5n4)ccc3n2Cc2ccc(Br)cc2F)C1(C)C. The van der Waals surface area contributed by atoms with Gasteiger partial charge in [-0.25, -0.2) is 14.4 Å². The summed E-state index contributed by atoms with van der Waals surface area (Å²) in [5.74, 6) is 0.360. The zero-order valence-corrected chi connectivity index (χ0v) is 23.4. The molecule has 198 valence electrons. The predicted octanol–water partition coefficient (Wildman–Crippen LogP) is 7.03. The highest BCUT2D eigenvalue weighted by Crippen LogP contribution is 2.64. The minimum absolute atomic E-state index is 0.151. The Morgan fingerprint density at radius 3 is 2.64 bits per heavy atom. The van der Waals surface area contributed by atoms with Crippen LogP contribution in [0.1, 0.15) is 36.8 Å². The van der Waals surface area contributed by atoms with Crippen LogP contribution in [0.2, 0.25) is 0 Å². The minimum atomic E-state index is -0.328. The number of halogens is 2. The fourth-order valence-corrected chi connectivity index (χ4v) is 5.81. The van der Waals surface area contributed by atoms with E-state index < -0.39 is 0 Å². The van der Waals surface area contributed by atoms with Gasteiger partial charge >= 0.3 is 5.97 Å².